The Hall–Kier alpha value is -4.38. The Morgan fingerprint density at radius 2 is 1.73 bits per heavy atom. The third-order valence-corrected chi connectivity index (χ3v) is 13.6. The zero-order valence-electron chi connectivity index (χ0n) is 35.8. The van der Waals surface area contributed by atoms with Gasteiger partial charge in [-0.1, -0.05) is 40.7 Å². The molecule has 3 saturated carbocycles. The summed E-state index contributed by atoms with van der Waals surface area (Å²) in [5, 5.41) is 40.1. The average molecular weight is 842 g/mol. The van der Waals surface area contributed by atoms with Crippen LogP contribution in [0.1, 0.15) is 104 Å². The lowest BCUT2D eigenvalue weighted by atomic mass is 9.44. The van der Waals surface area contributed by atoms with Crippen molar-refractivity contribution in [3.05, 3.63) is 41.0 Å². The van der Waals surface area contributed by atoms with Crippen molar-refractivity contribution in [1.82, 2.24) is 5.32 Å². The molecule has 11 atom stereocenters. The number of carbonyl (C=O) groups is 6. The van der Waals surface area contributed by atoms with Gasteiger partial charge in [0.2, 0.25) is 5.91 Å². The molecule has 1 amide bonds. The van der Waals surface area contributed by atoms with Crippen molar-refractivity contribution in [1.29, 1.82) is 0 Å². The lowest BCUT2D eigenvalue weighted by molar-refractivity contribution is -0.346. The molecule has 4 fully saturated rings. The van der Waals surface area contributed by atoms with Gasteiger partial charge in [0.1, 0.15) is 29.7 Å². The van der Waals surface area contributed by atoms with Crippen molar-refractivity contribution in [2.24, 2.45) is 28.6 Å². The second-order valence-corrected chi connectivity index (χ2v) is 18.2. The maximum Gasteiger partial charge on any atom is 0.338 e. The third-order valence-electron chi connectivity index (χ3n) is 13.6. The van der Waals surface area contributed by atoms with Crippen LogP contribution in [0.15, 0.2) is 35.4 Å². The number of fused-ring (bicyclic) bond motifs is 5. The number of rotatable bonds is 13. The van der Waals surface area contributed by atoms with Gasteiger partial charge in [-0.3, -0.25) is 19.2 Å². The molecule has 0 aromatic heterocycles. The van der Waals surface area contributed by atoms with E-state index in [9.17, 15) is 39.3 Å². The lowest BCUT2D eigenvalue weighted by Gasteiger charge is -2.67. The number of aliphatic hydroxyl groups excluding tert-OH is 2. The molecule has 0 radical (unpaired) electrons. The SMILES string of the molecule is CCC(=O)O[C@H]1C(=O)[C@@]2(C)[C@H]([C@H](OC(=O)c3cccc(OC)c3)[C@]3(O)C[C@H](OC(=O)[C@H](O)[C@H](CC(C)C)NC(=O)C4CC4)C(C)=C1C3(C)C)[C@]1(OC(C)=O)CO[C@@H]1C[C@@H]2O. The van der Waals surface area contributed by atoms with Crippen LogP contribution < -0.4 is 10.1 Å². The first-order chi connectivity index (χ1) is 28.1. The van der Waals surface area contributed by atoms with Crippen molar-refractivity contribution in [3.63, 3.8) is 0 Å². The summed E-state index contributed by atoms with van der Waals surface area (Å²) in [7, 11) is 1.41. The number of ether oxygens (including phenoxy) is 6. The summed E-state index contributed by atoms with van der Waals surface area (Å²) in [6.07, 6.45) is -8.76. The number of hydrogen-bond acceptors (Lipinski definition) is 15. The zero-order chi connectivity index (χ0) is 44.3. The van der Waals surface area contributed by atoms with E-state index in [0.29, 0.717) is 18.6 Å². The Kier molecular flexibility index (Phi) is 12.4. The molecule has 1 aromatic carbocycles. The molecule has 2 bridgehead atoms. The van der Waals surface area contributed by atoms with E-state index in [1.54, 1.807) is 32.9 Å². The average Bonchev–Trinajstić information content (AvgIpc) is 4.04. The number of carbonyl (C=O) groups excluding carboxylic acids is 6. The summed E-state index contributed by atoms with van der Waals surface area (Å²) in [5.74, 6) is -6.32. The molecule has 1 heterocycles. The number of hydrogen-bond donors (Lipinski definition) is 4. The van der Waals surface area contributed by atoms with Crippen molar-refractivity contribution >= 4 is 35.6 Å². The summed E-state index contributed by atoms with van der Waals surface area (Å²) in [4.78, 5) is 83.2. The van der Waals surface area contributed by atoms with Gasteiger partial charge in [-0.2, -0.15) is 0 Å². The maximum atomic E-state index is 15.6. The molecule has 1 aliphatic heterocycles. The normalized spacial score (nSPS) is 34.0. The van der Waals surface area contributed by atoms with Crippen LogP contribution in [0.4, 0.5) is 0 Å². The van der Waals surface area contributed by atoms with Gasteiger partial charge in [0.25, 0.3) is 0 Å². The largest absolute Gasteiger partial charge is 0.497 e. The number of methoxy groups -OCH3 is 1. The molecule has 4 aliphatic carbocycles. The highest BCUT2D eigenvalue weighted by atomic mass is 16.6. The van der Waals surface area contributed by atoms with E-state index < -0.39 is 107 Å². The van der Waals surface area contributed by atoms with Gasteiger partial charge in [-0.25, -0.2) is 9.59 Å². The molecule has 1 saturated heterocycles. The van der Waals surface area contributed by atoms with Crippen molar-refractivity contribution in [2.75, 3.05) is 13.7 Å². The number of ketones is 1. The van der Waals surface area contributed by atoms with E-state index in [1.807, 2.05) is 13.8 Å². The van der Waals surface area contributed by atoms with E-state index >= 15 is 4.79 Å². The third kappa shape index (κ3) is 7.62. The first kappa shape index (κ1) is 45.2. The molecule has 60 heavy (non-hydrogen) atoms. The van der Waals surface area contributed by atoms with Crippen LogP contribution in [-0.2, 0) is 47.7 Å². The highest BCUT2D eigenvalue weighted by Crippen LogP contribution is 2.64. The Bertz CT molecular complexity index is 1940. The molecular weight excluding hydrogens is 782 g/mol. The van der Waals surface area contributed by atoms with Crippen LogP contribution >= 0.6 is 0 Å². The van der Waals surface area contributed by atoms with E-state index in [2.05, 4.69) is 5.32 Å². The number of Topliss-reactive ketones (excluding diaryl/α,β-unsaturated/α-hetero) is 1. The topological polar surface area (TPSA) is 231 Å². The standard InChI is InChI=1S/C44H59NO15/c1-10-31(48)58-34-32-22(4)28(57-40(53)33(49)27(16-21(2)3)45-38(51)24-14-15-24)19-44(54,41(32,6)7)37(59-39(52)25-12-11-13-26(17-25)55-9)35-42(8,36(34)50)29(47)18-30-43(35,20-56-30)60-23(5)46/h11-13,17,21,24,27-30,33-35,37,47,49,54H,10,14-16,18-20H2,1-9H3,(H,45,51)/t27-,28-,29-,30+,33+,34+,35-,37-,42+,43-,44+/m0/s1. The Morgan fingerprint density at radius 3 is 2.30 bits per heavy atom. The summed E-state index contributed by atoms with van der Waals surface area (Å²) in [6.45, 7) is 12.2. The molecule has 16 nitrogen and oxygen atoms in total. The number of aliphatic hydroxyl groups is 3. The van der Waals surface area contributed by atoms with Crippen LogP contribution in [0.25, 0.3) is 0 Å². The number of nitrogens with one attached hydrogen (secondary N) is 1. The fourth-order valence-corrected chi connectivity index (χ4v) is 10.0. The minimum absolute atomic E-state index is 0.00167. The Balaban J connectivity index is 1.56. The molecule has 6 rings (SSSR count). The highest BCUT2D eigenvalue weighted by molar-refractivity contribution is 5.96. The second kappa shape index (κ2) is 16.5. The first-order valence-electron chi connectivity index (χ1n) is 20.8. The van der Waals surface area contributed by atoms with Crippen LogP contribution in [0, 0.1) is 28.6 Å². The van der Waals surface area contributed by atoms with Gasteiger partial charge in [-0.15, -0.1) is 0 Å². The Labute approximate surface area is 349 Å². The van der Waals surface area contributed by atoms with E-state index in [4.69, 9.17) is 28.4 Å². The molecule has 4 N–H and O–H groups in total. The van der Waals surface area contributed by atoms with Crippen LogP contribution in [-0.4, -0.2) is 118 Å². The fraction of sp³-hybridized carbons (Fsp3) is 0.682. The summed E-state index contributed by atoms with van der Waals surface area (Å²) >= 11 is 0. The quantitative estimate of drug-likeness (QED) is 0.127. The minimum atomic E-state index is -2.38. The van der Waals surface area contributed by atoms with Gasteiger partial charge in [0.05, 0.1) is 42.8 Å². The van der Waals surface area contributed by atoms with Crippen molar-refractivity contribution in [2.45, 2.75) is 148 Å². The predicted octanol–water partition coefficient (Wildman–Crippen LogP) is 2.90. The molecule has 1 aromatic rings. The van der Waals surface area contributed by atoms with Crippen molar-refractivity contribution in [3.8, 4) is 5.75 Å². The molecule has 0 unspecified atom stereocenters. The van der Waals surface area contributed by atoms with Crippen LogP contribution in [0.3, 0.4) is 0 Å². The molecular formula is C44H59NO15. The van der Waals surface area contributed by atoms with Gasteiger partial charge < -0.3 is 49.1 Å². The van der Waals surface area contributed by atoms with Crippen molar-refractivity contribution < 1.29 is 72.5 Å². The second-order valence-electron chi connectivity index (χ2n) is 18.2. The molecule has 330 valence electrons. The number of amides is 1. The summed E-state index contributed by atoms with van der Waals surface area (Å²) in [6, 6.07) is 5.01. The number of benzene rings is 1. The first-order valence-corrected chi connectivity index (χ1v) is 20.8. The predicted molar refractivity (Wildman–Crippen MR) is 210 cm³/mol. The maximum absolute atomic E-state index is 15.6. The van der Waals surface area contributed by atoms with Crippen LogP contribution in [0.5, 0.6) is 5.75 Å². The summed E-state index contributed by atoms with van der Waals surface area (Å²) < 4.78 is 35.8. The Morgan fingerprint density at radius 1 is 1.05 bits per heavy atom. The lowest BCUT2D eigenvalue weighted by Crippen LogP contribution is -2.82. The van der Waals surface area contributed by atoms with Gasteiger partial charge in [0.15, 0.2) is 23.6 Å². The van der Waals surface area contributed by atoms with E-state index in [1.165, 1.54) is 33.1 Å². The van der Waals surface area contributed by atoms with Gasteiger partial charge in [-0.05, 0) is 68.4 Å². The van der Waals surface area contributed by atoms with E-state index in [-0.39, 0.29) is 60.3 Å². The highest BCUT2D eigenvalue weighted by Gasteiger charge is 2.78. The van der Waals surface area contributed by atoms with E-state index in [0.717, 1.165) is 6.92 Å². The molecule has 5 aliphatic rings. The number of esters is 4. The molecule has 16 heteroatoms. The summed E-state index contributed by atoms with van der Waals surface area (Å²) in [5.41, 5.74) is -7.62. The van der Waals surface area contributed by atoms with Crippen LogP contribution in [0.2, 0.25) is 0 Å². The zero-order valence-corrected chi connectivity index (χ0v) is 35.8. The monoisotopic (exact) mass is 841 g/mol. The minimum Gasteiger partial charge on any atom is -0.497 e. The smallest absolute Gasteiger partial charge is 0.338 e. The molecule has 0 spiro atoms. The fourth-order valence-electron chi connectivity index (χ4n) is 10.0. The van der Waals surface area contributed by atoms with Gasteiger partial charge in [0, 0.05) is 37.5 Å². The van der Waals surface area contributed by atoms with Gasteiger partial charge >= 0.3 is 23.9 Å².